The number of carbonyl (C=O) groups is 2. The summed E-state index contributed by atoms with van der Waals surface area (Å²) < 4.78 is 0. The SMILES string of the molecule is O=C1C=Cc2ccccc2/C1=C/C=c1c2ccccc2c(=C/C=C2\C(=O)C=Cc3ccccc32)c2ccccc12. The van der Waals surface area contributed by atoms with Gasteiger partial charge in [0.05, 0.1) is 0 Å². The van der Waals surface area contributed by atoms with Crippen LogP contribution in [0.3, 0.4) is 0 Å². The van der Waals surface area contributed by atoms with E-state index in [1.807, 2.05) is 97.1 Å². The Morgan fingerprint density at radius 1 is 0.375 bits per heavy atom. The maximum Gasteiger partial charge on any atom is 0.186 e. The number of carbonyl (C=O) groups excluding carboxylic acids is 2. The smallest absolute Gasteiger partial charge is 0.186 e. The molecule has 188 valence electrons. The van der Waals surface area contributed by atoms with Crippen LogP contribution in [0.1, 0.15) is 22.3 Å². The molecule has 0 aliphatic heterocycles. The van der Waals surface area contributed by atoms with Crippen molar-refractivity contribution >= 4 is 68.6 Å². The zero-order chi connectivity index (χ0) is 27.1. The Morgan fingerprint density at radius 2 is 0.725 bits per heavy atom. The molecule has 0 saturated heterocycles. The monoisotopic (exact) mass is 512 g/mol. The minimum atomic E-state index is 0.00613. The molecule has 0 unspecified atom stereocenters. The Hall–Kier alpha value is -5.34. The van der Waals surface area contributed by atoms with Crippen molar-refractivity contribution in [2.24, 2.45) is 0 Å². The van der Waals surface area contributed by atoms with E-state index >= 15 is 0 Å². The zero-order valence-corrected chi connectivity index (χ0v) is 21.7. The molecule has 0 saturated carbocycles. The van der Waals surface area contributed by atoms with Crippen molar-refractivity contribution in [3.63, 3.8) is 0 Å². The summed E-state index contributed by atoms with van der Waals surface area (Å²) in [5.74, 6) is 0.0123. The molecule has 0 atom stereocenters. The van der Waals surface area contributed by atoms with Crippen LogP contribution in [0.25, 0.3) is 57.0 Å². The van der Waals surface area contributed by atoms with Crippen LogP contribution in [0, 0.1) is 0 Å². The molecule has 0 bridgehead atoms. The maximum atomic E-state index is 12.9. The first-order valence-corrected chi connectivity index (χ1v) is 13.4. The molecule has 0 N–H and O–H groups in total. The lowest BCUT2D eigenvalue weighted by atomic mass is 9.90. The molecule has 5 aromatic rings. The largest absolute Gasteiger partial charge is 0.289 e. The van der Waals surface area contributed by atoms with Gasteiger partial charge in [0.25, 0.3) is 0 Å². The third-order valence-corrected chi connectivity index (χ3v) is 7.71. The molecule has 7 rings (SSSR count). The van der Waals surface area contributed by atoms with Crippen LogP contribution in [0.4, 0.5) is 0 Å². The van der Waals surface area contributed by atoms with E-state index in [0.29, 0.717) is 11.1 Å². The van der Waals surface area contributed by atoms with Gasteiger partial charge >= 0.3 is 0 Å². The Bertz CT molecular complexity index is 1920. The van der Waals surface area contributed by atoms with E-state index in [1.165, 1.54) is 0 Å². The summed E-state index contributed by atoms with van der Waals surface area (Å²) in [4.78, 5) is 25.8. The normalized spacial score (nSPS) is 16.0. The summed E-state index contributed by atoms with van der Waals surface area (Å²) in [6, 6.07) is 32.6. The summed E-state index contributed by atoms with van der Waals surface area (Å²) in [6.45, 7) is 0. The number of hydrogen-bond donors (Lipinski definition) is 0. The van der Waals surface area contributed by atoms with Gasteiger partial charge in [0.2, 0.25) is 0 Å². The lowest BCUT2D eigenvalue weighted by Crippen LogP contribution is -2.15. The highest BCUT2D eigenvalue weighted by Gasteiger charge is 2.17. The first kappa shape index (κ1) is 23.8. The molecule has 0 aromatic heterocycles. The van der Waals surface area contributed by atoms with Crippen LogP contribution in [-0.4, -0.2) is 11.6 Å². The van der Waals surface area contributed by atoms with Gasteiger partial charge in [-0.15, -0.1) is 0 Å². The standard InChI is InChI=1S/C38H24O2/c39-37-23-17-25-9-1-3-11-27(25)35(37)21-19-33-29-13-5-7-15-31(29)34(32-16-8-6-14-30(32)33)20-22-36-28-12-4-2-10-26(28)18-24-38(36)40/h1-24H/b33-19?,34-20?,35-21-,36-22-. The van der Waals surface area contributed by atoms with E-state index < -0.39 is 0 Å². The average molecular weight is 513 g/mol. The van der Waals surface area contributed by atoms with Gasteiger partial charge < -0.3 is 0 Å². The van der Waals surface area contributed by atoms with E-state index in [2.05, 4.69) is 36.4 Å². The minimum Gasteiger partial charge on any atom is -0.289 e. The number of allylic oxidation sites excluding steroid dienone is 6. The Morgan fingerprint density at radius 3 is 1.12 bits per heavy atom. The fourth-order valence-corrected chi connectivity index (χ4v) is 5.78. The molecular formula is C38H24O2. The second kappa shape index (κ2) is 9.76. The van der Waals surface area contributed by atoms with Gasteiger partial charge in [-0.05, 0) is 78.5 Å². The van der Waals surface area contributed by atoms with Crippen LogP contribution >= 0.6 is 0 Å². The molecular weight excluding hydrogens is 488 g/mol. The molecule has 0 amide bonds. The van der Waals surface area contributed by atoms with Gasteiger partial charge in [-0.1, -0.05) is 121 Å². The number of ketones is 2. The van der Waals surface area contributed by atoms with E-state index in [4.69, 9.17) is 0 Å². The Balaban J connectivity index is 1.50. The molecule has 0 heterocycles. The van der Waals surface area contributed by atoms with Crippen molar-refractivity contribution in [1.29, 1.82) is 0 Å². The van der Waals surface area contributed by atoms with Crippen LogP contribution in [0.2, 0.25) is 0 Å². The molecule has 2 aliphatic rings. The van der Waals surface area contributed by atoms with E-state index in [9.17, 15) is 9.59 Å². The minimum absolute atomic E-state index is 0.00613. The zero-order valence-electron chi connectivity index (χ0n) is 21.7. The fraction of sp³-hybridized carbons (Fsp3) is 0. The van der Waals surface area contributed by atoms with Gasteiger partial charge in [-0.3, -0.25) is 9.59 Å². The van der Waals surface area contributed by atoms with E-state index in [0.717, 1.165) is 54.2 Å². The predicted octanol–water partition coefficient (Wildman–Crippen LogP) is 6.91. The molecule has 2 nitrogen and oxygen atoms in total. The Labute approximate surface area is 231 Å². The molecule has 0 fully saturated rings. The van der Waals surface area contributed by atoms with Crippen molar-refractivity contribution < 1.29 is 9.59 Å². The van der Waals surface area contributed by atoms with Gasteiger partial charge in [-0.25, -0.2) is 0 Å². The predicted molar refractivity (Wildman–Crippen MR) is 167 cm³/mol. The van der Waals surface area contributed by atoms with Gasteiger partial charge in [0, 0.05) is 11.1 Å². The lowest BCUT2D eigenvalue weighted by Gasteiger charge is -2.13. The topological polar surface area (TPSA) is 34.1 Å². The first-order valence-electron chi connectivity index (χ1n) is 13.4. The van der Waals surface area contributed by atoms with Gasteiger partial charge in [0.1, 0.15) is 0 Å². The summed E-state index contributed by atoms with van der Waals surface area (Å²) in [6.07, 6.45) is 15.1. The second-order valence-electron chi connectivity index (χ2n) is 9.98. The van der Waals surface area contributed by atoms with Crippen molar-refractivity contribution in [1.82, 2.24) is 0 Å². The highest BCUT2D eigenvalue weighted by Crippen LogP contribution is 2.28. The molecule has 2 aliphatic carbocycles. The number of rotatable bonds is 2. The Kier molecular flexibility index (Phi) is 5.79. The first-order chi connectivity index (χ1) is 19.7. The van der Waals surface area contributed by atoms with E-state index in [1.54, 1.807) is 12.2 Å². The molecule has 0 radical (unpaired) electrons. The average Bonchev–Trinajstić information content (AvgIpc) is 3.00. The summed E-state index contributed by atoms with van der Waals surface area (Å²) in [5, 5.41) is 6.47. The van der Waals surface area contributed by atoms with Gasteiger partial charge in [0.15, 0.2) is 11.6 Å². The summed E-state index contributed by atoms with van der Waals surface area (Å²) >= 11 is 0. The molecule has 40 heavy (non-hydrogen) atoms. The van der Waals surface area contributed by atoms with Crippen LogP contribution in [0.5, 0.6) is 0 Å². The van der Waals surface area contributed by atoms with Crippen molar-refractivity contribution in [2.75, 3.05) is 0 Å². The highest BCUT2D eigenvalue weighted by molar-refractivity contribution is 6.31. The number of benzene rings is 5. The quantitative estimate of drug-likeness (QED) is 0.190. The van der Waals surface area contributed by atoms with E-state index in [-0.39, 0.29) is 11.6 Å². The third-order valence-electron chi connectivity index (χ3n) is 7.71. The summed E-state index contributed by atoms with van der Waals surface area (Å²) in [5.41, 5.74) is 5.36. The van der Waals surface area contributed by atoms with Crippen molar-refractivity contribution in [3.8, 4) is 0 Å². The molecule has 2 heteroatoms. The molecule has 0 spiro atoms. The highest BCUT2D eigenvalue weighted by atomic mass is 16.1. The number of hydrogen-bond acceptors (Lipinski definition) is 2. The fourth-order valence-electron chi connectivity index (χ4n) is 5.78. The van der Waals surface area contributed by atoms with Crippen LogP contribution in [0.15, 0.2) is 121 Å². The van der Waals surface area contributed by atoms with Crippen LogP contribution in [-0.2, 0) is 9.59 Å². The third kappa shape index (κ3) is 3.98. The maximum absolute atomic E-state index is 12.9. The van der Waals surface area contributed by atoms with Crippen molar-refractivity contribution in [3.05, 3.63) is 154 Å². The second-order valence-corrected chi connectivity index (χ2v) is 9.98. The van der Waals surface area contributed by atoms with Crippen LogP contribution < -0.4 is 10.4 Å². The van der Waals surface area contributed by atoms with Gasteiger partial charge in [-0.2, -0.15) is 0 Å². The molecule has 5 aromatic carbocycles. The lowest BCUT2D eigenvalue weighted by molar-refractivity contribution is -0.110. The number of fused-ring (bicyclic) bond motifs is 4. The summed E-state index contributed by atoms with van der Waals surface area (Å²) in [7, 11) is 0. The van der Waals surface area contributed by atoms with Crippen molar-refractivity contribution in [2.45, 2.75) is 0 Å².